The van der Waals surface area contributed by atoms with Crippen LogP contribution in [0.5, 0.6) is 0 Å². The predicted molar refractivity (Wildman–Crippen MR) is 78.5 cm³/mol. The number of hydrogen-bond acceptors (Lipinski definition) is 0. The molecule has 0 aromatic heterocycles. The Morgan fingerprint density at radius 2 is 0.562 bits per heavy atom. The SMILES string of the molecule is CCCCCCCCCCCCCCC.[NaH]. The first kappa shape index (κ1) is 19.3. The van der Waals surface area contributed by atoms with E-state index < -0.39 is 0 Å². The van der Waals surface area contributed by atoms with Gasteiger partial charge in [0.1, 0.15) is 0 Å². The third-order valence-corrected chi connectivity index (χ3v) is 3.21. The van der Waals surface area contributed by atoms with E-state index in [4.69, 9.17) is 0 Å². The van der Waals surface area contributed by atoms with Gasteiger partial charge in [-0.2, -0.15) is 0 Å². The summed E-state index contributed by atoms with van der Waals surface area (Å²) in [4.78, 5) is 0. The van der Waals surface area contributed by atoms with Crippen molar-refractivity contribution in [2.45, 2.75) is 97.3 Å². The average Bonchev–Trinajstić information content (AvgIpc) is 2.26. The van der Waals surface area contributed by atoms with Gasteiger partial charge in [-0.25, -0.2) is 0 Å². The normalized spacial score (nSPS) is 10.1. The van der Waals surface area contributed by atoms with Gasteiger partial charge in [0, 0.05) is 0 Å². The maximum atomic E-state index is 2.29. The molecule has 0 aliphatic heterocycles. The van der Waals surface area contributed by atoms with Gasteiger partial charge in [0.15, 0.2) is 0 Å². The Labute approximate surface area is 126 Å². The molecular weight excluding hydrogens is 203 g/mol. The van der Waals surface area contributed by atoms with E-state index in [-0.39, 0.29) is 29.6 Å². The molecule has 16 heavy (non-hydrogen) atoms. The average molecular weight is 236 g/mol. The van der Waals surface area contributed by atoms with Crippen molar-refractivity contribution in [3.63, 3.8) is 0 Å². The van der Waals surface area contributed by atoms with Crippen LogP contribution in [0, 0.1) is 0 Å². The Morgan fingerprint density at radius 1 is 0.375 bits per heavy atom. The molecule has 0 aromatic carbocycles. The summed E-state index contributed by atoms with van der Waals surface area (Å²) in [6.45, 7) is 4.58. The van der Waals surface area contributed by atoms with Crippen LogP contribution in [-0.4, -0.2) is 29.6 Å². The standard InChI is InChI=1S/C15H32.Na.H/c1-3-5-7-9-11-13-15-14-12-10-8-6-4-2;;/h3-15H2,1-2H3;;. The molecule has 0 aliphatic rings. The summed E-state index contributed by atoms with van der Waals surface area (Å²) in [6, 6.07) is 0. The number of hydrogen-bond donors (Lipinski definition) is 0. The van der Waals surface area contributed by atoms with Gasteiger partial charge in [-0.3, -0.25) is 0 Å². The fourth-order valence-corrected chi connectivity index (χ4v) is 2.09. The van der Waals surface area contributed by atoms with Gasteiger partial charge >= 0.3 is 29.6 Å². The van der Waals surface area contributed by atoms with E-state index in [9.17, 15) is 0 Å². The number of rotatable bonds is 12. The molecule has 0 N–H and O–H groups in total. The van der Waals surface area contributed by atoms with Crippen LogP contribution in [0.2, 0.25) is 0 Å². The maximum absolute atomic E-state index is 2.29. The Morgan fingerprint density at radius 3 is 0.750 bits per heavy atom. The molecule has 0 fully saturated rings. The van der Waals surface area contributed by atoms with Crippen LogP contribution in [0.15, 0.2) is 0 Å². The second kappa shape index (κ2) is 18.4. The van der Waals surface area contributed by atoms with Crippen molar-refractivity contribution in [1.82, 2.24) is 0 Å². The summed E-state index contributed by atoms with van der Waals surface area (Å²) in [5, 5.41) is 0. The summed E-state index contributed by atoms with van der Waals surface area (Å²) >= 11 is 0. The molecule has 94 valence electrons. The summed E-state index contributed by atoms with van der Waals surface area (Å²) in [5.41, 5.74) is 0. The predicted octanol–water partition coefficient (Wildman–Crippen LogP) is 5.45. The van der Waals surface area contributed by atoms with Crippen LogP contribution < -0.4 is 0 Å². The molecule has 0 saturated carbocycles. The van der Waals surface area contributed by atoms with Gasteiger partial charge in [0.2, 0.25) is 0 Å². The van der Waals surface area contributed by atoms with Crippen LogP contribution in [0.25, 0.3) is 0 Å². The summed E-state index contributed by atoms with van der Waals surface area (Å²) in [5.74, 6) is 0. The van der Waals surface area contributed by atoms with Crippen molar-refractivity contribution in [3.05, 3.63) is 0 Å². The zero-order valence-electron chi connectivity index (χ0n) is 11.2. The van der Waals surface area contributed by atoms with Gasteiger partial charge in [0.05, 0.1) is 0 Å². The summed E-state index contributed by atoms with van der Waals surface area (Å²) in [6.07, 6.45) is 18.9. The zero-order chi connectivity index (χ0) is 11.2. The molecule has 0 heterocycles. The van der Waals surface area contributed by atoms with E-state index in [1.807, 2.05) is 0 Å². The van der Waals surface area contributed by atoms with Crippen LogP contribution in [0.1, 0.15) is 97.3 Å². The van der Waals surface area contributed by atoms with Gasteiger partial charge in [0.25, 0.3) is 0 Å². The molecule has 0 radical (unpaired) electrons. The second-order valence-corrected chi connectivity index (χ2v) is 4.89. The van der Waals surface area contributed by atoms with Crippen LogP contribution in [0.3, 0.4) is 0 Å². The third kappa shape index (κ3) is 17.4. The monoisotopic (exact) mass is 236 g/mol. The van der Waals surface area contributed by atoms with E-state index in [2.05, 4.69) is 13.8 Å². The molecule has 0 bridgehead atoms. The van der Waals surface area contributed by atoms with E-state index in [1.165, 1.54) is 83.5 Å². The fraction of sp³-hybridized carbons (Fsp3) is 1.00. The molecule has 0 atom stereocenters. The summed E-state index contributed by atoms with van der Waals surface area (Å²) in [7, 11) is 0. The fourth-order valence-electron chi connectivity index (χ4n) is 2.09. The Kier molecular flexibility index (Phi) is 22.2. The Bertz CT molecular complexity index is 89.6. The molecule has 1 heteroatoms. The molecule has 0 amide bonds. The molecule has 0 aliphatic carbocycles. The van der Waals surface area contributed by atoms with Gasteiger partial charge in [-0.05, 0) is 0 Å². The molecule has 0 spiro atoms. The van der Waals surface area contributed by atoms with Crippen molar-refractivity contribution in [2.75, 3.05) is 0 Å². The molecular formula is C15H33Na. The minimum absolute atomic E-state index is 0. The van der Waals surface area contributed by atoms with Crippen LogP contribution >= 0.6 is 0 Å². The van der Waals surface area contributed by atoms with Crippen molar-refractivity contribution in [1.29, 1.82) is 0 Å². The van der Waals surface area contributed by atoms with Crippen LogP contribution in [-0.2, 0) is 0 Å². The molecule has 0 rings (SSSR count). The molecule has 0 unspecified atom stereocenters. The quantitative estimate of drug-likeness (QED) is 0.312. The van der Waals surface area contributed by atoms with Crippen molar-refractivity contribution < 1.29 is 0 Å². The first-order chi connectivity index (χ1) is 7.41. The minimum atomic E-state index is 0. The summed E-state index contributed by atoms with van der Waals surface area (Å²) < 4.78 is 0. The Hall–Kier alpha value is 1.00. The van der Waals surface area contributed by atoms with Crippen molar-refractivity contribution in [2.24, 2.45) is 0 Å². The van der Waals surface area contributed by atoms with Gasteiger partial charge in [-0.1, -0.05) is 97.3 Å². The second-order valence-electron chi connectivity index (χ2n) is 4.89. The van der Waals surface area contributed by atoms with Crippen molar-refractivity contribution in [3.8, 4) is 0 Å². The van der Waals surface area contributed by atoms with E-state index >= 15 is 0 Å². The topological polar surface area (TPSA) is 0 Å². The molecule has 0 saturated heterocycles. The van der Waals surface area contributed by atoms with E-state index in [1.54, 1.807) is 0 Å². The van der Waals surface area contributed by atoms with E-state index in [0.717, 1.165) is 0 Å². The molecule has 0 aromatic rings. The molecule has 0 nitrogen and oxygen atoms in total. The third-order valence-electron chi connectivity index (χ3n) is 3.21. The number of unbranched alkanes of at least 4 members (excludes halogenated alkanes) is 12. The zero-order valence-corrected chi connectivity index (χ0v) is 11.2. The Balaban J connectivity index is 0. The van der Waals surface area contributed by atoms with E-state index in [0.29, 0.717) is 0 Å². The van der Waals surface area contributed by atoms with Crippen molar-refractivity contribution >= 4 is 29.6 Å². The van der Waals surface area contributed by atoms with Crippen LogP contribution in [0.4, 0.5) is 0 Å². The first-order valence-corrected chi connectivity index (χ1v) is 7.41. The van der Waals surface area contributed by atoms with Gasteiger partial charge < -0.3 is 0 Å². The first-order valence-electron chi connectivity index (χ1n) is 7.41. The van der Waals surface area contributed by atoms with Gasteiger partial charge in [-0.15, -0.1) is 0 Å².